The van der Waals surface area contributed by atoms with Crippen molar-refractivity contribution in [2.24, 2.45) is 0 Å². The number of sulfone groups is 1. The van der Waals surface area contributed by atoms with E-state index in [2.05, 4.69) is 5.10 Å². The van der Waals surface area contributed by atoms with E-state index >= 15 is 0 Å². The van der Waals surface area contributed by atoms with Gasteiger partial charge < -0.3 is 4.74 Å². The number of aromatic nitrogens is 2. The van der Waals surface area contributed by atoms with E-state index in [0.717, 1.165) is 11.2 Å². The molecule has 0 radical (unpaired) electrons. The van der Waals surface area contributed by atoms with Crippen molar-refractivity contribution in [3.63, 3.8) is 0 Å². The summed E-state index contributed by atoms with van der Waals surface area (Å²) >= 11 is 1.25. The van der Waals surface area contributed by atoms with Gasteiger partial charge in [-0.15, -0.1) is 0 Å². The number of methoxy groups -OCH3 is 1. The molecule has 1 heterocycles. The molecular formula is C20H17N3O4S2. The lowest BCUT2D eigenvalue weighted by molar-refractivity contribution is 0.414. The van der Waals surface area contributed by atoms with Crippen molar-refractivity contribution in [3.05, 3.63) is 70.0 Å². The van der Waals surface area contributed by atoms with E-state index in [-0.39, 0.29) is 10.5 Å². The molecule has 7 nitrogen and oxygen atoms in total. The lowest BCUT2D eigenvalue weighted by Crippen LogP contribution is -2.25. The summed E-state index contributed by atoms with van der Waals surface area (Å²) in [6.07, 6.45) is 1.14. The summed E-state index contributed by atoms with van der Waals surface area (Å²) in [5.41, 5.74) is 0.471. The number of nitriles is 1. The Kier molecular flexibility index (Phi) is 5.77. The molecule has 0 spiro atoms. The molecule has 3 aromatic rings. The second kappa shape index (κ2) is 8.11. The Morgan fingerprint density at radius 2 is 1.72 bits per heavy atom. The summed E-state index contributed by atoms with van der Waals surface area (Å²) in [6, 6.07) is 15.1. The molecule has 0 saturated heterocycles. The molecule has 9 heteroatoms. The number of benzene rings is 2. The standard InChI is InChI=1S/C20H17N3O4S2/c1-13-18(12-21)20(24)23(14-4-6-15(27-2)7-5-14)22-19(13)28-16-8-10-17(11-9-16)29(3,25)26/h4-11H,1-3H3. The fourth-order valence-electron chi connectivity index (χ4n) is 2.58. The van der Waals surface area contributed by atoms with Gasteiger partial charge in [-0.3, -0.25) is 4.79 Å². The Hall–Kier alpha value is -3.09. The van der Waals surface area contributed by atoms with Gasteiger partial charge in [0.1, 0.15) is 22.4 Å². The maximum Gasteiger partial charge on any atom is 0.289 e. The number of hydrogen-bond donors (Lipinski definition) is 0. The fourth-order valence-corrected chi connectivity index (χ4v) is 4.08. The van der Waals surface area contributed by atoms with Crippen LogP contribution in [0.2, 0.25) is 0 Å². The second-order valence-corrected chi connectivity index (χ2v) is 9.26. The second-order valence-electron chi connectivity index (χ2n) is 6.18. The zero-order valence-corrected chi connectivity index (χ0v) is 17.5. The third kappa shape index (κ3) is 4.34. The Morgan fingerprint density at radius 1 is 1.10 bits per heavy atom. The van der Waals surface area contributed by atoms with Gasteiger partial charge in [-0.1, -0.05) is 11.8 Å². The van der Waals surface area contributed by atoms with Gasteiger partial charge in [0.05, 0.1) is 17.7 Å². The molecule has 0 bridgehead atoms. The van der Waals surface area contributed by atoms with Crippen LogP contribution in [0, 0.1) is 18.3 Å². The van der Waals surface area contributed by atoms with Gasteiger partial charge >= 0.3 is 0 Å². The lowest BCUT2D eigenvalue weighted by atomic mass is 10.2. The smallest absolute Gasteiger partial charge is 0.289 e. The SMILES string of the molecule is COc1ccc(-n2nc(Sc3ccc(S(C)(=O)=O)cc3)c(C)c(C#N)c2=O)cc1. The summed E-state index contributed by atoms with van der Waals surface area (Å²) in [5.74, 6) is 0.634. The molecule has 0 aliphatic heterocycles. The van der Waals surface area contributed by atoms with Crippen LogP contribution in [0.25, 0.3) is 5.69 Å². The summed E-state index contributed by atoms with van der Waals surface area (Å²) < 4.78 is 29.6. The molecular weight excluding hydrogens is 410 g/mol. The zero-order chi connectivity index (χ0) is 21.2. The molecule has 0 aliphatic rings. The van der Waals surface area contributed by atoms with Crippen LogP contribution in [-0.2, 0) is 9.84 Å². The Bertz CT molecular complexity index is 1260. The first kappa shape index (κ1) is 20.6. The minimum absolute atomic E-state index is 0.00562. The third-order valence-electron chi connectivity index (χ3n) is 4.19. The molecule has 0 atom stereocenters. The molecule has 0 unspecified atom stereocenters. The fraction of sp³-hybridized carbons (Fsp3) is 0.150. The van der Waals surface area contributed by atoms with Crippen LogP contribution in [0.1, 0.15) is 11.1 Å². The number of rotatable bonds is 5. The average molecular weight is 428 g/mol. The van der Waals surface area contributed by atoms with Crippen molar-refractivity contribution in [1.29, 1.82) is 5.26 Å². The summed E-state index contributed by atoms with van der Waals surface area (Å²) in [4.78, 5) is 13.7. The van der Waals surface area contributed by atoms with Gasteiger partial charge in [-0.25, -0.2) is 8.42 Å². The van der Waals surface area contributed by atoms with Gasteiger partial charge in [0, 0.05) is 16.7 Å². The van der Waals surface area contributed by atoms with Gasteiger partial charge in [-0.2, -0.15) is 15.0 Å². The molecule has 0 saturated carbocycles. The van der Waals surface area contributed by atoms with E-state index in [4.69, 9.17) is 4.74 Å². The highest BCUT2D eigenvalue weighted by molar-refractivity contribution is 7.99. The van der Waals surface area contributed by atoms with Crippen LogP contribution in [0.15, 0.2) is 68.1 Å². The van der Waals surface area contributed by atoms with Crippen LogP contribution in [0.5, 0.6) is 5.75 Å². The van der Waals surface area contributed by atoms with Crippen molar-refractivity contribution < 1.29 is 13.2 Å². The number of hydrogen-bond acceptors (Lipinski definition) is 7. The van der Waals surface area contributed by atoms with E-state index in [1.807, 2.05) is 6.07 Å². The lowest BCUT2D eigenvalue weighted by Gasteiger charge is -2.12. The van der Waals surface area contributed by atoms with Crippen LogP contribution in [0.4, 0.5) is 0 Å². The molecule has 2 aromatic carbocycles. The molecule has 29 heavy (non-hydrogen) atoms. The molecule has 0 amide bonds. The highest BCUT2D eigenvalue weighted by atomic mass is 32.2. The van der Waals surface area contributed by atoms with Gasteiger partial charge in [-0.05, 0) is 55.5 Å². The topological polar surface area (TPSA) is 102 Å². The number of ether oxygens (including phenoxy) is 1. The van der Waals surface area contributed by atoms with Crippen molar-refractivity contribution in [3.8, 4) is 17.5 Å². The van der Waals surface area contributed by atoms with Crippen LogP contribution in [0.3, 0.4) is 0 Å². The van der Waals surface area contributed by atoms with Gasteiger partial charge in [0.25, 0.3) is 5.56 Å². The van der Waals surface area contributed by atoms with E-state index in [9.17, 15) is 18.5 Å². The van der Waals surface area contributed by atoms with Crippen LogP contribution >= 0.6 is 11.8 Å². The van der Waals surface area contributed by atoms with E-state index in [1.54, 1.807) is 50.4 Å². The van der Waals surface area contributed by atoms with Crippen molar-refractivity contribution >= 4 is 21.6 Å². The predicted octanol–water partition coefficient (Wildman–Crippen LogP) is 2.98. The Balaban J connectivity index is 2.07. The highest BCUT2D eigenvalue weighted by Gasteiger charge is 2.17. The molecule has 3 rings (SSSR count). The first-order valence-electron chi connectivity index (χ1n) is 8.41. The largest absolute Gasteiger partial charge is 0.497 e. The van der Waals surface area contributed by atoms with Crippen molar-refractivity contribution in [2.45, 2.75) is 21.7 Å². The Labute approximate surface area is 172 Å². The summed E-state index contributed by atoms with van der Waals surface area (Å²) in [7, 11) is -1.74. The van der Waals surface area contributed by atoms with Gasteiger partial charge in [0.2, 0.25) is 0 Å². The molecule has 0 aliphatic carbocycles. The minimum atomic E-state index is -3.29. The maximum absolute atomic E-state index is 12.7. The van der Waals surface area contributed by atoms with Crippen molar-refractivity contribution in [1.82, 2.24) is 9.78 Å². The first-order chi connectivity index (χ1) is 13.7. The molecule has 0 fully saturated rings. The van der Waals surface area contributed by atoms with E-state index in [0.29, 0.717) is 22.0 Å². The summed E-state index contributed by atoms with van der Waals surface area (Å²) in [5, 5.41) is 14.4. The summed E-state index contributed by atoms with van der Waals surface area (Å²) in [6.45, 7) is 1.67. The van der Waals surface area contributed by atoms with E-state index in [1.165, 1.54) is 28.6 Å². The monoisotopic (exact) mass is 427 g/mol. The normalized spacial score (nSPS) is 11.1. The molecule has 1 aromatic heterocycles. The quantitative estimate of drug-likeness (QED) is 0.617. The highest BCUT2D eigenvalue weighted by Crippen LogP contribution is 2.30. The Morgan fingerprint density at radius 3 is 2.24 bits per heavy atom. The maximum atomic E-state index is 12.7. The van der Waals surface area contributed by atoms with Crippen LogP contribution in [-0.4, -0.2) is 31.6 Å². The van der Waals surface area contributed by atoms with Gasteiger partial charge in [0.15, 0.2) is 9.84 Å². The molecule has 148 valence electrons. The van der Waals surface area contributed by atoms with Crippen molar-refractivity contribution in [2.75, 3.05) is 13.4 Å². The van der Waals surface area contributed by atoms with Crippen LogP contribution < -0.4 is 10.3 Å². The molecule has 0 N–H and O–H groups in total. The third-order valence-corrected chi connectivity index (χ3v) is 6.41. The van der Waals surface area contributed by atoms with E-state index < -0.39 is 15.4 Å². The number of nitrogens with zero attached hydrogens (tertiary/aromatic N) is 3. The minimum Gasteiger partial charge on any atom is -0.497 e. The zero-order valence-electron chi connectivity index (χ0n) is 15.9. The first-order valence-corrected chi connectivity index (χ1v) is 11.1. The average Bonchev–Trinajstić information content (AvgIpc) is 2.70. The predicted molar refractivity (Wildman–Crippen MR) is 110 cm³/mol.